The van der Waals surface area contributed by atoms with Gasteiger partial charge >= 0.3 is 0 Å². The molecule has 3 heteroatoms. The quantitative estimate of drug-likeness (QED) is 0.724. The molecule has 0 aromatic rings. The van der Waals surface area contributed by atoms with E-state index in [0.717, 1.165) is 45.7 Å². The second-order valence-corrected chi connectivity index (χ2v) is 3.26. The van der Waals surface area contributed by atoms with E-state index in [0.29, 0.717) is 5.78 Å². The third kappa shape index (κ3) is 9.88. The number of hydrogen-bond acceptors (Lipinski definition) is 3. The molecule has 0 amide bonds. The number of rotatable bonds is 4. The number of hydrogen-bond donors (Lipinski definition) is 0. The fraction of sp³-hybridized carbons (Fsp3) is 0.917. The van der Waals surface area contributed by atoms with Gasteiger partial charge in [0.2, 0.25) is 0 Å². The van der Waals surface area contributed by atoms with Crippen molar-refractivity contribution in [2.75, 3.05) is 32.8 Å². The van der Waals surface area contributed by atoms with Crippen LogP contribution in [0.15, 0.2) is 0 Å². The van der Waals surface area contributed by atoms with Crippen LogP contribution < -0.4 is 0 Å². The molecule has 1 fully saturated rings. The Morgan fingerprint density at radius 1 is 1.27 bits per heavy atom. The lowest BCUT2D eigenvalue weighted by molar-refractivity contribution is -0.117. The van der Waals surface area contributed by atoms with Gasteiger partial charge in [-0.05, 0) is 19.9 Å². The second-order valence-electron chi connectivity index (χ2n) is 3.26. The van der Waals surface area contributed by atoms with Crippen LogP contribution in [-0.2, 0) is 9.53 Å². The van der Waals surface area contributed by atoms with Gasteiger partial charge in [-0.2, -0.15) is 0 Å². The fourth-order valence-electron chi connectivity index (χ4n) is 1.38. The number of nitrogens with zero attached hydrogens (tertiary/aromatic N) is 1. The van der Waals surface area contributed by atoms with Gasteiger partial charge in [-0.25, -0.2) is 0 Å². The maximum atomic E-state index is 10.6. The van der Waals surface area contributed by atoms with Crippen molar-refractivity contribution in [2.45, 2.75) is 41.0 Å². The average molecular weight is 217 g/mol. The zero-order valence-corrected chi connectivity index (χ0v) is 9.71. The summed E-state index contributed by atoms with van der Waals surface area (Å²) >= 11 is 0. The molecule has 0 aliphatic carbocycles. The molecule has 1 saturated heterocycles. The Labute approximate surface area is 94.8 Å². The summed E-state index contributed by atoms with van der Waals surface area (Å²) in [5, 5.41) is 0. The SMILES string of the molecule is C.CC.CC(=O)CCCN1CCOCC1. The van der Waals surface area contributed by atoms with Gasteiger partial charge in [0.1, 0.15) is 5.78 Å². The van der Waals surface area contributed by atoms with Gasteiger partial charge in [0.05, 0.1) is 13.2 Å². The standard InChI is InChI=1S/C9H17NO2.C2H6.CH4/c1-9(11)3-2-4-10-5-7-12-8-6-10;1-2;/h2-8H2,1H3;1-2H3;1H4. The van der Waals surface area contributed by atoms with E-state index in [2.05, 4.69) is 4.90 Å². The lowest BCUT2D eigenvalue weighted by Crippen LogP contribution is -2.36. The van der Waals surface area contributed by atoms with Gasteiger partial charge in [0, 0.05) is 19.5 Å². The molecule has 1 rings (SSSR count). The van der Waals surface area contributed by atoms with Gasteiger partial charge < -0.3 is 9.53 Å². The summed E-state index contributed by atoms with van der Waals surface area (Å²) in [7, 11) is 0. The predicted octanol–water partition coefficient (Wildman–Crippen LogP) is 2.35. The maximum absolute atomic E-state index is 10.6. The van der Waals surface area contributed by atoms with Crippen molar-refractivity contribution in [3.05, 3.63) is 0 Å². The zero-order chi connectivity index (χ0) is 10.8. The van der Waals surface area contributed by atoms with Crippen LogP contribution >= 0.6 is 0 Å². The first-order valence-corrected chi connectivity index (χ1v) is 5.58. The van der Waals surface area contributed by atoms with E-state index in [1.807, 2.05) is 13.8 Å². The smallest absolute Gasteiger partial charge is 0.129 e. The van der Waals surface area contributed by atoms with E-state index in [-0.39, 0.29) is 7.43 Å². The highest BCUT2D eigenvalue weighted by Crippen LogP contribution is 2.00. The molecule has 0 aromatic heterocycles. The normalized spacial score (nSPS) is 15.9. The first-order chi connectivity index (χ1) is 6.79. The van der Waals surface area contributed by atoms with Crippen molar-refractivity contribution >= 4 is 5.78 Å². The van der Waals surface area contributed by atoms with Crippen molar-refractivity contribution in [3.63, 3.8) is 0 Å². The Morgan fingerprint density at radius 2 is 1.80 bits per heavy atom. The molecule has 0 unspecified atom stereocenters. The molecule has 92 valence electrons. The van der Waals surface area contributed by atoms with E-state index in [4.69, 9.17) is 4.74 Å². The number of morpholine rings is 1. The third-order valence-corrected chi connectivity index (χ3v) is 2.11. The minimum Gasteiger partial charge on any atom is -0.379 e. The Balaban J connectivity index is 0. The Kier molecular flexibility index (Phi) is 13.2. The van der Waals surface area contributed by atoms with Crippen molar-refractivity contribution in [3.8, 4) is 0 Å². The van der Waals surface area contributed by atoms with Crippen LogP contribution in [0.3, 0.4) is 0 Å². The number of ketones is 1. The average Bonchev–Trinajstić information content (AvgIpc) is 2.22. The fourth-order valence-corrected chi connectivity index (χ4v) is 1.38. The minimum atomic E-state index is 0. The molecule has 0 spiro atoms. The number of Topliss-reactive ketones (excluding diaryl/α,β-unsaturated/α-hetero) is 1. The Morgan fingerprint density at radius 3 is 2.27 bits per heavy atom. The van der Waals surface area contributed by atoms with Crippen LogP contribution in [0.1, 0.15) is 41.0 Å². The van der Waals surface area contributed by atoms with Gasteiger partial charge in [0.15, 0.2) is 0 Å². The molecule has 1 aliphatic heterocycles. The maximum Gasteiger partial charge on any atom is 0.129 e. The van der Waals surface area contributed by atoms with Gasteiger partial charge in [-0.1, -0.05) is 21.3 Å². The van der Waals surface area contributed by atoms with Crippen LogP contribution in [0, 0.1) is 0 Å². The van der Waals surface area contributed by atoms with Crippen LogP contribution in [0.4, 0.5) is 0 Å². The molecule has 1 aliphatic rings. The van der Waals surface area contributed by atoms with E-state index >= 15 is 0 Å². The summed E-state index contributed by atoms with van der Waals surface area (Å²) in [6, 6.07) is 0. The van der Waals surface area contributed by atoms with Crippen LogP contribution in [0.5, 0.6) is 0 Å². The highest BCUT2D eigenvalue weighted by Gasteiger charge is 2.09. The van der Waals surface area contributed by atoms with Crippen molar-refractivity contribution in [1.82, 2.24) is 4.90 Å². The minimum absolute atomic E-state index is 0. The molecule has 0 bridgehead atoms. The lowest BCUT2D eigenvalue weighted by Gasteiger charge is -2.26. The summed E-state index contributed by atoms with van der Waals surface area (Å²) < 4.78 is 5.22. The second kappa shape index (κ2) is 11.7. The van der Waals surface area contributed by atoms with Crippen LogP contribution in [0.25, 0.3) is 0 Å². The summed E-state index contributed by atoms with van der Waals surface area (Å²) in [5.74, 6) is 0.295. The largest absolute Gasteiger partial charge is 0.379 e. The zero-order valence-electron chi connectivity index (χ0n) is 9.71. The highest BCUT2D eigenvalue weighted by atomic mass is 16.5. The molecular weight excluding hydrogens is 190 g/mol. The summed E-state index contributed by atoms with van der Waals surface area (Å²) in [5.41, 5.74) is 0. The summed E-state index contributed by atoms with van der Waals surface area (Å²) in [4.78, 5) is 13.0. The Hall–Kier alpha value is -0.410. The summed E-state index contributed by atoms with van der Waals surface area (Å²) in [6.07, 6.45) is 1.71. The molecule has 0 saturated carbocycles. The molecular formula is C12H27NO2. The summed E-state index contributed by atoms with van der Waals surface area (Å²) in [6.45, 7) is 10.4. The number of carbonyl (C=O) groups excluding carboxylic acids is 1. The van der Waals surface area contributed by atoms with Crippen molar-refractivity contribution in [1.29, 1.82) is 0 Å². The van der Waals surface area contributed by atoms with Gasteiger partial charge in [-0.15, -0.1) is 0 Å². The van der Waals surface area contributed by atoms with Gasteiger partial charge in [-0.3, -0.25) is 4.90 Å². The first kappa shape index (κ1) is 17.0. The molecule has 0 N–H and O–H groups in total. The number of ether oxygens (including phenoxy) is 1. The van der Waals surface area contributed by atoms with Gasteiger partial charge in [0.25, 0.3) is 0 Å². The van der Waals surface area contributed by atoms with E-state index in [1.54, 1.807) is 6.92 Å². The van der Waals surface area contributed by atoms with E-state index < -0.39 is 0 Å². The van der Waals surface area contributed by atoms with Crippen molar-refractivity contribution in [2.24, 2.45) is 0 Å². The number of carbonyl (C=O) groups is 1. The van der Waals surface area contributed by atoms with E-state index in [9.17, 15) is 4.79 Å². The first-order valence-electron chi connectivity index (χ1n) is 5.58. The topological polar surface area (TPSA) is 29.5 Å². The molecule has 0 atom stereocenters. The molecule has 15 heavy (non-hydrogen) atoms. The third-order valence-electron chi connectivity index (χ3n) is 2.11. The molecule has 1 heterocycles. The molecule has 0 aromatic carbocycles. The Bertz CT molecular complexity index is 143. The monoisotopic (exact) mass is 217 g/mol. The van der Waals surface area contributed by atoms with Crippen LogP contribution in [0.2, 0.25) is 0 Å². The van der Waals surface area contributed by atoms with E-state index in [1.165, 1.54) is 0 Å². The lowest BCUT2D eigenvalue weighted by atomic mass is 10.2. The predicted molar refractivity (Wildman–Crippen MR) is 65.3 cm³/mol. The highest BCUT2D eigenvalue weighted by molar-refractivity contribution is 5.75. The van der Waals surface area contributed by atoms with Crippen LogP contribution in [-0.4, -0.2) is 43.5 Å². The molecule has 0 radical (unpaired) electrons. The molecule has 3 nitrogen and oxygen atoms in total. The van der Waals surface area contributed by atoms with Crippen molar-refractivity contribution < 1.29 is 9.53 Å².